The Morgan fingerprint density at radius 3 is 2.71 bits per heavy atom. The van der Waals surface area contributed by atoms with Gasteiger partial charge in [0.1, 0.15) is 12.1 Å². The summed E-state index contributed by atoms with van der Waals surface area (Å²) in [6.07, 6.45) is 9.65. The number of hydrogen-bond acceptors (Lipinski definition) is 3. The number of guanidine groups is 1. The van der Waals surface area contributed by atoms with Gasteiger partial charge >= 0.3 is 0 Å². The molecule has 0 atom stereocenters. The highest BCUT2D eigenvalue weighted by Crippen LogP contribution is 2.47. The second-order valence-electron chi connectivity index (χ2n) is 7.19. The molecule has 0 amide bonds. The Balaban J connectivity index is 1.42. The molecule has 3 aromatic rings. The number of aliphatic imine (C=N–C) groups is 1. The standard InChI is InChI=1S/C22H26N6/c1-2-24-21(27-16-22(9-10-22)19-6-4-3-5-7-19)26-15-18-8-11-25-20(14-18)28-13-12-23-17-28/h3-8,11-14,17H,2,9-10,15-16H2,1H3,(H2,24,26,27). The van der Waals surface area contributed by atoms with Gasteiger partial charge in [-0.1, -0.05) is 30.3 Å². The zero-order valence-electron chi connectivity index (χ0n) is 16.2. The number of benzene rings is 1. The van der Waals surface area contributed by atoms with Crippen molar-refractivity contribution in [1.29, 1.82) is 0 Å². The molecule has 28 heavy (non-hydrogen) atoms. The largest absolute Gasteiger partial charge is 0.357 e. The zero-order valence-corrected chi connectivity index (χ0v) is 16.2. The van der Waals surface area contributed by atoms with E-state index in [2.05, 4.69) is 57.9 Å². The third-order valence-electron chi connectivity index (χ3n) is 5.18. The summed E-state index contributed by atoms with van der Waals surface area (Å²) in [6, 6.07) is 14.8. The predicted molar refractivity (Wildman–Crippen MR) is 112 cm³/mol. The highest BCUT2D eigenvalue weighted by atomic mass is 15.2. The molecule has 144 valence electrons. The number of imidazole rings is 1. The van der Waals surface area contributed by atoms with Gasteiger partial charge in [0.2, 0.25) is 0 Å². The zero-order chi connectivity index (χ0) is 19.2. The minimum absolute atomic E-state index is 0.253. The van der Waals surface area contributed by atoms with Crippen molar-refractivity contribution >= 4 is 5.96 Å². The molecule has 0 radical (unpaired) electrons. The molecule has 0 spiro atoms. The van der Waals surface area contributed by atoms with Crippen molar-refractivity contribution in [2.45, 2.75) is 31.7 Å². The summed E-state index contributed by atoms with van der Waals surface area (Å²) in [5, 5.41) is 6.90. The molecule has 1 aromatic carbocycles. The fourth-order valence-corrected chi connectivity index (χ4v) is 3.37. The van der Waals surface area contributed by atoms with Gasteiger partial charge in [0.15, 0.2) is 5.96 Å². The molecule has 1 aliphatic carbocycles. The predicted octanol–water partition coefficient (Wildman–Crippen LogP) is 3.05. The van der Waals surface area contributed by atoms with E-state index in [0.29, 0.717) is 6.54 Å². The molecular weight excluding hydrogens is 348 g/mol. The van der Waals surface area contributed by atoms with Gasteiger partial charge in [-0.15, -0.1) is 0 Å². The van der Waals surface area contributed by atoms with E-state index in [0.717, 1.165) is 30.4 Å². The molecule has 1 aliphatic rings. The first-order chi connectivity index (χ1) is 13.8. The van der Waals surface area contributed by atoms with E-state index in [4.69, 9.17) is 4.99 Å². The lowest BCUT2D eigenvalue weighted by Crippen LogP contribution is -2.41. The quantitative estimate of drug-likeness (QED) is 0.493. The number of nitrogens with zero attached hydrogens (tertiary/aromatic N) is 4. The number of rotatable bonds is 7. The van der Waals surface area contributed by atoms with Crippen LogP contribution in [0.2, 0.25) is 0 Å². The van der Waals surface area contributed by atoms with Crippen LogP contribution in [0, 0.1) is 0 Å². The Morgan fingerprint density at radius 2 is 2.00 bits per heavy atom. The SMILES string of the molecule is CCNC(=NCc1ccnc(-n2ccnc2)c1)NCC1(c2ccccc2)CC1. The molecule has 2 heterocycles. The highest BCUT2D eigenvalue weighted by molar-refractivity contribution is 5.80. The van der Waals surface area contributed by atoms with Gasteiger partial charge in [-0.2, -0.15) is 0 Å². The number of aromatic nitrogens is 3. The van der Waals surface area contributed by atoms with Crippen LogP contribution in [0.25, 0.3) is 5.82 Å². The van der Waals surface area contributed by atoms with Crippen LogP contribution in [0.15, 0.2) is 72.4 Å². The van der Waals surface area contributed by atoms with Crippen LogP contribution in [-0.4, -0.2) is 33.6 Å². The van der Waals surface area contributed by atoms with E-state index in [-0.39, 0.29) is 5.41 Å². The Bertz CT molecular complexity index is 913. The molecule has 4 rings (SSSR count). The van der Waals surface area contributed by atoms with Gasteiger partial charge in [-0.3, -0.25) is 4.57 Å². The first-order valence-electron chi connectivity index (χ1n) is 9.80. The highest BCUT2D eigenvalue weighted by Gasteiger charge is 2.43. The van der Waals surface area contributed by atoms with Crippen molar-refractivity contribution in [3.8, 4) is 5.82 Å². The van der Waals surface area contributed by atoms with Crippen molar-refractivity contribution in [2.24, 2.45) is 4.99 Å². The van der Waals surface area contributed by atoms with Crippen LogP contribution in [0.3, 0.4) is 0 Å². The maximum Gasteiger partial charge on any atom is 0.191 e. The second-order valence-corrected chi connectivity index (χ2v) is 7.19. The van der Waals surface area contributed by atoms with Crippen LogP contribution in [0.4, 0.5) is 0 Å². The van der Waals surface area contributed by atoms with Gasteiger partial charge in [0.05, 0.1) is 6.54 Å². The topological polar surface area (TPSA) is 67.1 Å². The first kappa shape index (κ1) is 18.2. The molecule has 6 nitrogen and oxygen atoms in total. The van der Waals surface area contributed by atoms with Gasteiger partial charge in [0, 0.05) is 37.1 Å². The minimum atomic E-state index is 0.253. The Labute approximate surface area is 165 Å². The fourth-order valence-electron chi connectivity index (χ4n) is 3.37. The van der Waals surface area contributed by atoms with E-state index in [1.807, 2.05) is 29.1 Å². The third kappa shape index (κ3) is 4.22. The molecule has 1 fully saturated rings. The van der Waals surface area contributed by atoms with Gasteiger partial charge < -0.3 is 10.6 Å². The van der Waals surface area contributed by atoms with Crippen LogP contribution in [0.1, 0.15) is 30.9 Å². The molecule has 0 bridgehead atoms. The summed E-state index contributed by atoms with van der Waals surface area (Å²) in [4.78, 5) is 13.3. The van der Waals surface area contributed by atoms with Crippen LogP contribution in [0.5, 0.6) is 0 Å². The normalized spacial score (nSPS) is 15.2. The summed E-state index contributed by atoms with van der Waals surface area (Å²) in [5.74, 6) is 1.70. The molecule has 2 aromatic heterocycles. The van der Waals surface area contributed by atoms with Gasteiger partial charge in [-0.25, -0.2) is 15.0 Å². The fraction of sp³-hybridized carbons (Fsp3) is 0.318. The first-order valence-corrected chi connectivity index (χ1v) is 9.80. The van der Waals surface area contributed by atoms with Gasteiger partial charge in [0.25, 0.3) is 0 Å². The second kappa shape index (κ2) is 8.25. The Hall–Kier alpha value is -3.15. The number of pyridine rings is 1. The number of nitrogens with one attached hydrogen (secondary N) is 2. The summed E-state index contributed by atoms with van der Waals surface area (Å²) < 4.78 is 1.90. The van der Waals surface area contributed by atoms with Crippen molar-refractivity contribution < 1.29 is 0 Å². The van der Waals surface area contributed by atoms with E-state index in [9.17, 15) is 0 Å². The average Bonchev–Trinajstić information content (AvgIpc) is 3.33. The van der Waals surface area contributed by atoms with Crippen LogP contribution >= 0.6 is 0 Å². The summed E-state index contributed by atoms with van der Waals surface area (Å²) >= 11 is 0. The smallest absolute Gasteiger partial charge is 0.191 e. The van der Waals surface area contributed by atoms with E-state index in [1.165, 1.54) is 18.4 Å². The summed E-state index contributed by atoms with van der Waals surface area (Å²) in [5.41, 5.74) is 2.78. The maximum absolute atomic E-state index is 4.77. The van der Waals surface area contributed by atoms with Crippen molar-refractivity contribution in [2.75, 3.05) is 13.1 Å². The molecule has 0 saturated heterocycles. The summed E-state index contributed by atoms with van der Waals surface area (Å²) in [7, 11) is 0. The lowest BCUT2D eigenvalue weighted by Gasteiger charge is -2.19. The third-order valence-corrected chi connectivity index (χ3v) is 5.18. The van der Waals surface area contributed by atoms with E-state index >= 15 is 0 Å². The lowest BCUT2D eigenvalue weighted by molar-refractivity contribution is 0.646. The minimum Gasteiger partial charge on any atom is -0.357 e. The monoisotopic (exact) mass is 374 g/mol. The molecule has 1 saturated carbocycles. The van der Waals surface area contributed by atoms with Crippen molar-refractivity contribution in [3.63, 3.8) is 0 Å². The Kier molecular flexibility index (Phi) is 5.37. The van der Waals surface area contributed by atoms with E-state index in [1.54, 1.807) is 12.5 Å². The van der Waals surface area contributed by atoms with Gasteiger partial charge in [-0.05, 0) is 43.0 Å². The number of hydrogen-bond donors (Lipinski definition) is 2. The molecule has 0 unspecified atom stereocenters. The molecule has 2 N–H and O–H groups in total. The molecule has 6 heteroatoms. The van der Waals surface area contributed by atoms with Crippen molar-refractivity contribution in [1.82, 2.24) is 25.2 Å². The van der Waals surface area contributed by atoms with Crippen LogP contribution < -0.4 is 10.6 Å². The summed E-state index contributed by atoms with van der Waals surface area (Å²) in [6.45, 7) is 4.42. The molecular formula is C22H26N6. The Morgan fingerprint density at radius 1 is 1.14 bits per heavy atom. The maximum atomic E-state index is 4.77. The van der Waals surface area contributed by atoms with Crippen LogP contribution in [-0.2, 0) is 12.0 Å². The average molecular weight is 374 g/mol. The van der Waals surface area contributed by atoms with Crippen molar-refractivity contribution in [3.05, 3.63) is 78.5 Å². The molecule has 0 aliphatic heterocycles. The lowest BCUT2D eigenvalue weighted by atomic mass is 9.96. The van der Waals surface area contributed by atoms with E-state index < -0.39 is 0 Å².